The number of rotatable bonds is 6. The quantitative estimate of drug-likeness (QED) is 0.692. The fourth-order valence-corrected chi connectivity index (χ4v) is 3.20. The van der Waals surface area contributed by atoms with E-state index in [1.807, 2.05) is 57.2 Å². The lowest BCUT2D eigenvalue weighted by Crippen LogP contribution is -2.31. The number of hydrogen-bond donors (Lipinski definition) is 1. The maximum absolute atomic E-state index is 13.3. The van der Waals surface area contributed by atoms with Crippen LogP contribution in [0.5, 0.6) is 0 Å². The molecule has 1 atom stereocenters. The van der Waals surface area contributed by atoms with Crippen LogP contribution in [0.3, 0.4) is 0 Å². The van der Waals surface area contributed by atoms with E-state index in [1.54, 1.807) is 11.7 Å². The average molecular weight is 351 g/mol. The molecule has 0 spiro atoms. The van der Waals surface area contributed by atoms with Crippen molar-refractivity contribution in [3.05, 3.63) is 69.8 Å². The Bertz CT molecular complexity index is 979. The maximum atomic E-state index is 13.3. The molecule has 0 unspecified atom stereocenters. The Balaban J connectivity index is 2.22. The first-order valence-corrected chi connectivity index (χ1v) is 8.84. The fraction of sp³-hybridized carbons (Fsp3) is 0.333. The van der Waals surface area contributed by atoms with E-state index in [9.17, 15) is 4.79 Å². The molecule has 0 saturated carbocycles. The Morgan fingerprint density at radius 3 is 2.69 bits per heavy atom. The molecule has 1 heterocycles. The number of hydrogen-bond acceptors (Lipinski definition) is 4. The Hall–Kier alpha value is -2.50. The molecule has 1 N–H and O–H groups in total. The van der Waals surface area contributed by atoms with E-state index in [4.69, 9.17) is 9.72 Å². The molecule has 3 rings (SSSR count). The summed E-state index contributed by atoms with van der Waals surface area (Å²) in [6.45, 7) is 7.38. The van der Waals surface area contributed by atoms with Gasteiger partial charge < -0.3 is 10.1 Å². The summed E-state index contributed by atoms with van der Waals surface area (Å²) in [5, 5.41) is 4.01. The molecule has 0 radical (unpaired) electrons. The van der Waals surface area contributed by atoms with Crippen LogP contribution in [0.1, 0.15) is 29.9 Å². The third kappa shape index (κ3) is 3.54. The van der Waals surface area contributed by atoms with Crippen molar-refractivity contribution < 1.29 is 4.74 Å². The number of para-hydroxylation sites is 1. The third-order valence-electron chi connectivity index (χ3n) is 4.54. The number of methoxy groups -OCH3 is 1. The highest BCUT2D eigenvalue weighted by Crippen LogP contribution is 2.21. The van der Waals surface area contributed by atoms with Crippen LogP contribution in [0.15, 0.2) is 47.3 Å². The van der Waals surface area contributed by atoms with E-state index in [-0.39, 0.29) is 11.6 Å². The summed E-state index contributed by atoms with van der Waals surface area (Å²) in [5.41, 5.74) is 3.76. The first kappa shape index (κ1) is 18.3. The molecule has 136 valence electrons. The van der Waals surface area contributed by atoms with Crippen LogP contribution in [0.4, 0.5) is 0 Å². The van der Waals surface area contributed by atoms with Crippen LogP contribution in [0.2, 0.25) is 0 Å². The lowest BCUT2D eigenvalue weighted by Gasteiger charge is -2.21. The molecule has 0 aliphatic heterocycles. The minimum absolute atomic E-state index is 0.0436. The molecule has 0 saturated heterocycles. The van der Waals surface area contributed by atoms with Crippen LogP contribution in [-0.4, -0.2) is 29.8 Å². The normalized spacial score (nSPS) is 12.5. The lowest BCUT2D eigenvalue weighted by molar-refractivity contribution is 0.196. The summed E-state index contributed by atoms with van der Waals surface area (Å²) in [7, 11) is 1.67. The highest BCUT2D eigenvalue weighted by molar-refractivity contribution is 5.78. The molecule has 5 heteroatoms. The minimum Gasteiger partial charge on any atom is -0.383 e. The minimum atomic E-state index is -0.0943. The molecule has 0 fully saturated rings. The first-order valence-electron chi connectivity index (χ1n) is 8.84. The molecular formula is C21H25N3O2. The van der Waals surface area contributed by atoms with Gasteiger partial charge in [-0.05, 0) is 44.5 Å². The highest BCUT2D eigenvalue weighted by atomic mass is 16.5. The van der Waals surface area contributed by atoms with Gasteiger partial charge in [0.1, 0.15) is 5.82 Å². The van der Waals surface area contributed by atoms with E-state index < -0.39 is 0 Å². The van der Waals surface area contributed by atoms with Crippen molar-refractivity contribution in [1.82, 2.24) is 14.9 Å². The topological polar surface area (TPSA) is 56.1 Å². The van der Waals surface area contributed by atoms with Gasteiger partial charge in [-0.3, -0.25) is 9.36 Å². The number of ether oxygens (including phenoxy) is 1. The van der Waals surface area contributed by atoms with Gasteiger partial charge in [-0.25, -0.2) is 4.98 Å². The monoisotopic (exact) mass is 351 g/mol. The van der Waals surface area contributed by atoms with Gasteiger partial charge in [0.2, 0.25) is 0 Å². The number of aryl methyl sites for hydroxylation is 2. The van der Waals surface area contributed by atoms with Crippen LogP contribution >= 0.6 is 0 Å². The average Bonchev–Trinajstić information content (AvgIpc) is 2.62. The predicted molar refractivity (Wildman–Crippen MR) is 105 cm³/mol. The van der Waals surface area contributed by atoms with Gasteiger partial charge in [-0.15, -0.1) is 0 Å². The number of nitrogens with one attached hydrogen (secondary N) is 1. The third-order valence-corrected chi connectivity index (χ3v) is 4.54. The molecule has 26 heavy (non-hydrogen) atoms. The molecule has 0 bridgehead atoms. The van der Waals surface area contributed by atoms with Gasteiger partial charge in [0.15, 0.2) is 0 Å². The smallest absolute Gasteiger partial charge is 0.266 e. The largest absolute Gasteiger partial charge is 0.383 e. The Morgan fingerprint density at radius 1 is 1.19 bits per heavy atom. The predicted octanol–water partition coefficient (Wildman–Crippen LogP) is 3.30. The van der Waals surface area contributed by atoms with Crippen molar-refractivity contribution in [2.45, 2.75) is 26.8 Å². The zero-order valence-corrected chi connectivity index (χ0v) is 15.7. The van der Waals surface area contributed by atoms with Crippen molar-refractivity contribution >= 4 is 10.9 Å². The zero-order chi connectivity index (χ0) is 18.7. The van der Waals surface area contributed by atoms with E-state index in [0.29, 0.717) is 29.9 Å². The SMILES string of the molecule is COCCN[C@H](C)c1nc2ccccc2c(=O)n1-c1ccc(C)cc1C. The Labute approximate surface area is 153 Å². The van der Waals surface area contributed by atoms with E-state index in [1.165, 1.54) is 5.56 Å². The summed E-state index contributed by atoms with van der Waals surface area (Å²) in [4.78, 5) is 18.1. The second-order valence-corrected chi connectivity index (χ2v) is 6.59. The summed E-state index contributed by atoms with van der Waals surface area (Å²) < 4.78 is 6.86. The zero-order valence-electron chi connectivity index (χ0n) is 15.7. The molecule has 0 aliphatic rings. The van der Waals surface area contributed by atoms with E-state index in [0.717, 1.165) is 11.3 Å². The van der Waals surface area contributed by atoms with Crippen molar-refractivity contribution in [1.29, 1.82) is 0 Å². The molecular weight excluding hydrogens is 326 g/mol. The first-order chi connectivity index (χ1) is 12.5. The fourth-order valence-electron chi connectivity index (χ4n) is 3.20. The number of aromatic nitrogens is 2. The van der Waals surface area contributed by atoms with Gasteiger partial charge in [0, 0.05) is 13.7 Å². The van der Waals surface area contributed by atoms with Gasteiger partial charge in [0.25, 0.3) is 5.56 Å². The van der Waals surface area contributed by atoms with Gasteiger partial charge in [-0.2, -0.15) is 0 Å². The Kier molecular flexibility index (Phi) is 5.49. The summed E-state index contributed by atoms with van der Waals surface area (Å²) in [6.07, 6.45) is 0. The highest BCUT2D eigenvalue weighted by Gasteiger charge is 2.18. The van der Waals surface area contributed by atoms with Crippen LogP contribution in [-0.2, 0) is 4.74 Å². The molecule has 5 nitrogen and oxygen atoms in total. The van der Waals surface area contributed by atoms with Crippen molar-refractivity contribution in [3.63, 3.8) is 0 Å². The van der Waals surface area contributed by atoms with Gasteiger partial charge in [0.05, 0.1) is 29.2 Å². The molecule has 1 aromatic heterocycles. The van der Waals surface area contributed by atoms with Crippen molar-refractivity contribution in [3.8, 4) is 5.69 Å². The molecule has 3 aromatic rings. The standard InChI is InChI=1S/C21H25N3O2/c1-14-9-10-19(15(2)13-14)24-20(16(3)22-11-12-26-4)23-18-8-6-5-7-17(18)21(24)25/h5-10,13,16,22H,11-12H2,1-4H3/t16-/m1/s1. The number of fused-ring (bicyclic) bond motifs is 1. The summed E-state index contributed by atoms with van der Waals surface area (Å²) in [5.74, 6) is 0.705. The van der Waals surface area contributed by atoms with Crippen LogP contribution in [0.25, 0.3) is 16.6 Å². The second kappa shape index (κ2) is 7.81. The number of benzene rings is 2. The van der Waals surface area contributed by atoms with Gasteiger partial charge in [-0.1, -0.05) is 29.8 Å². The molecule has 0 amide bonds. The summed E-state index contributed by atoms with van der Waals surface area (Å²) >= 11 is 0. The molecule has 0 aliphatic carbocycles. The molecule has 2 aromatic carbocycles. The van der Waals surface area contributed by atoms with E-state index in [2.05, 4.69) is 11.4 Å². The number of nitrogens with zero attached hydrogens (tertiary/aromatic N) is 2. The van der Waals surface area contributed by atoms with Crippen LogP contribution in [0, 0.1) is 13.8 Å². The van der Waals surface area contributed by atoms with Crippen LogP contribution < -0.4 is 10.9 Å². The van der Waals surface area contributed by atoms with E-state index >= 15 is 0 Å². The summed E-state index contributed by atoms with van der Waals surface area (Å²) in [6, 6.07) is 13.5. The van der Waals surface area contributed by atoms with Crippen molar-refractivity contribution in [2.75, 3.05) is 20.3 Å². The lowest BCUT2D eigenvalue weighted by atomic mass is 10.1. The maximum Gasteiger partial charge on any atom is 0.266 e. The Morgan fingerprint density at radius 2 is 1.96 bits per heavy atom. The van der Waals surface area contributed by atoms with Crippen molar-refractivity contribution in [2.24, 2.45) is 0 Å². The second-order valence-electron chi connectivity index (χ2n) is 6.59. The van der Waals surface area contributed by atoms with Gasteiger partial charge >= 0.3 is 0 Å².